The van der Waals surface area contributed by atoms with Gasteiger partial charge in [-0.25, -0.2) is 0 Å². The topological polar surface area (TPSA) is 45.6 Å². The predicted molar refractivity (Wildman–Crippen MR) is 122 cm³/mol. The fourth-order valence-electron chi connectivity index (χ4n) is 5.84. The zero-order chi connectivity index (χ0) is 21.4. The highest BCUT2D eigenvalue weighted by Crippen LogP contribution is 2.36. The molecule has 5 heteroatoms. The summed E-state index contributed by atoms with van der Waals surface area (Å²) in [6.45, 7) is 7.26. The molecule has 1 aromatic heterocycles. The Kier molecular flexibility index (Phi) is 5.70. The zero-order valence-electron chi connectivity index (χ0n) is 18.6. The van der Waals surface area contributed by atoms with Gasteiger partial charge >= 0.3 is 0 Å². The molecule has 0 aliphatic carbocycles. The number of aryl methyl sites for hydroxylation is 1. The summed E-state index contributed by atoms with van der Waals surface area (Å²) in [5, 5.41) is 0. The van der Waals surface area contributed by atoms with Crippen molar-refractivity contribution in [2.24, 2.45) is 5.92 Å². The predicted octanol–water partition coefficient (Wildman–Crippen LogP) is 3.66. The molecule has 2 atom stereocenters. The van der Waals surface area contributed by atoms with Gasteiger partial charge in [0.1, 0.15) is 0 Å². The number of fused-ring (bicyclic) bond motifs is 4. The van der Waals surface area contributed by atoms with Crippen LogP contribution in [0.5, 0.6) is 0 Å². The van der Waals surface area contributed by atoms with Crippen molar-refractivity contribution < 1.29 is 4.79 Å². The van der Waals surface area contributed by atoms with Crippen LogP contribution in [0.25, 0.3) is 0 Å². The number of hydrogen-bond acceptors (Lipinski definition) is 3. The van der Waals surface area contributed by atoms with Crippen LogP contribution in [0.2, 0.25) is 0 Å². The second-order valence-electron chi connectivity index (χ2n) is 9.56. The third-order valence-electron chi connectivity index (χ3n) is 7.44. The highest BCUT2D eigenvalue weighted by Gasteiger charge is 2.37. The molecule has 5 nitrogen and oxygen atoms in total. The van der Waals surface area contributed by atoms with Crippen molar-refractivity contribution in [3.05, 3.63) is 69.1 Å². The third-order valence-corrected chi connectivity index (χ3v) is 7.44. The number of carbonyl (C=O) groups is 1. The Labute approximate surface area is 184 Å². The molecule has 4 heterocycles. The molecule has 164 valence electrons. The standard InChI is InChI=1S/C26H33N3O2/c1-2-20-8-4-5-9-23(20)26(31)28-15-19-14-22(18-28)24-11-10-21(25(30)29(24)16-19)17-27-12-6-3-7-13-27/h4-5,8-11,19,22H,2-3,6-7,12-18H2,1H3/t19-,22+/m0/s1. The highest BCUT2D eigenvalue weighted by atomic mass is 16.2. The summed E-state index contributed by atoms with van der Waals surface area (Å²) in [6.07, 6.45) is 5.72. The first-order chi connectivity index (χ1) is 15.1. The van der Waals surface area contributed by atoms with E-state index in [-0.39, 0.29) is 17.4 Å². The molecule has 0 N–H and O–H groups in total. The second-order valence-corrected chi connectivity index (χ2v) is 9.56. The van der Waals surface area contributed by atoms with Crippen molar-refractivity contribution >= 4 is 5.91 Å². The largest absolute Gasteiger partial charge is 0.338 e. The quantitative estimate of drug-likeness (QED) is 0.760. The fourth-order valence-corrected chi connectivity index (χ4v) is 5.84. The lowest BCUT2D eigenvalue weighted by Gasteiger charge is -2.43. The average Bonchev–Trinajstić information content (AvgIpc) is 2.81. The summed E-state index contributed by atoms with van der Waals surface area (Å²) in [5.41, 5.74) is 4.18. The lowest BCUT2D eigenvalue weighted by molar-refractivity contribution is 0.0593. The fraction of sp³-hybridized carbons (Fsp3) is 0.538. The number of benzene rings is 1. The molecular formula is C26H33N3O2. The number of rotatable bonds is 4. The molecule has 2 saturated heterocycles. The maximum absolute atomic E-state index is 13.3. The molecule has 0 saturated carbocycles. The van der Waals surface area contributed by atoms with Gasteiger partial charge in [0, 0.05) is 48.9 Å². The molecule has 3 aliphatic heterocycles. The van der Waals surface area contributed by atoms with Crippen LogP contribution in [0, 0.1) is 5.92 Å². The molecule has 0 radical (unpaired) electrons. The summed E-state index contributed by atoms with van der Waals surface area (Å²) >= 11 is 0. The van der Waals surface area contributed by atoms with E-state index in [1.165, 1.54) is 19.3 Å². The van der Waals surface area contributed by atoms with Gasteiger partial charge in [0.15, 0.2) is 0 Å². The molecule has 5 rings (SSSR count). The Balaban J connectivity index is 1.37. The summed E-state index contributed by atoms with van der Waals surface area (Å²) in [7, 11) is 0. The smallest absolute Gasteiger partial charge is 0.255 e. The van der Waals surface area contributed by atoms with E-state index in [0.29, 0.717) is 12.5 Å². The second kappa shape index (κ2) is 8.62. The van der Waals surface area contributed by atoms with Crippen LogP contribution in [0.4, 0.5) is 0 Å². The van der Waals surface area contributed by atoms with Gasteiger partial charge < -0.3 is 9.47 Å². The van der Waals surface area contributed by atoms with Gasteiger partial charge in [-0.1, -0.05) is 37.6 Å². The first-order valence-corrected chi connectivity index (χ1v) is 12.0. The number of amides is 1. The highest BCUT2D eigenvalue weighted by molar-refractivity contribution is 5.95. The number of carbonyl (C=O) groups excluding carboxylic acids is 1. The molecule has 1 aromatic carbocycles. The van der Waals surface area contributed by atoms with E-state index in [1.807, 2.05) is 27.7 Å². The monoisotopic (exact) mass is 419 g/mol. The third kappa shape index (κ3) is 3.96. The average molecular weight is 420 g/mol. The normalized spacial score (nSPS) is 23.5. The molecule has 2 fully saturated rings. The van der Waals surface area contributed by atoms with Crippen LogP contribution < -0.4 is 5.56 Å². The van der Waals surface area contributed by atoms with E-state index >= 15 is 0 Å². The Hall–Kier alpha value is -2.40. The van der Waals surface area contributed by atoms with Crippen molar-refractivity contribution in [2.75, 3.05) is 26.2 Å². The van der Waals surface area contributed by atoms with Gasteiger partial charge in [-0.2, -0.15) is 0 Å². The lowest BCUT2D eigenvalue weighted by Crippen LogP contribution is -2.49. The maximum Gasteiger partial charge on any atom is 0.255 e. The van der Waals surface area contributed by atoms with Crippen LogP contribution >= 0.6 is 0 Å². The minimum Gasteiger partial charge on any atom is -0.338 e. The van der Waals surface area contributed by atoms with Gasteiger partial charge in [-0.15, -0.1) is 0 Å². The summed E-state index contributed by atoms with van der Waals surface area (Å²) in [5.74, 6) is 0.749. The molecular weight excluding hydrogens is 386 g/mol. The summed E-state index contributed by atoms with van der Waals surface area (Å²) < 4.78 is 2.03. The molecule has 2 aromatic rings. The van der Waals surface area contributed by atoms with Crippen LogP contribution in [0.1, 0.15) is 65.7 Å². The minimum atomic E-state index is 0.143. The molecule has 31 heavy (non-hydrogen) atoms. The number of pyridine rings is 1. The Bertz CT molecular complexity index is 1020. The molecule has 1 amide bonds. The molecule has 0 spiro atoms. The minimum absolute atomic E-state index is 0.143. The van der Waals surface area contributed by atoms with Crippen LogP contribution in [0.3, 0.4) is 0 Å². The number of hydrogen-bond donors (Lipinski definition) is 0. The molecule has 3 aliphatic rings. The van der Waals surface area contributed by atoms with Gasteiger partial charge in [-0.05, 0) is 62.4 Å². The SMILES string of the molecule is CCc1ccccc1C(=O)N1C[C@@H]2C[C@H](C1)c1ccc(CN3CCCCC3)c(=O)n1C2. The number of piperidine rings is 2. The summed E-state index contributed by atoms with van der Waals surface area (Å²) in [4.78, 5) is 31.1. The molecule has 2 bridgehead atoms. The van der Waals surface area contributed by atoms with E-state index in [4.69, 9.17) is 0 Å². The Morgan fingerprint density at radius 3 is 2.58 bits per heavy atom. The lowest BCUT2D eigenvalue weighted by atomic mass is 9.82. The summed E-state index contributed by atoms with van der Waals surface area (Å²) in [6, 6.07) is 12.2. The molecule has 0 unspecified atom stereocenters. The van der Waals surface area contributed by atoms with E-state index < -0.39 is 0 Å². The number of likely N-dealkylation sites (tertiary alicyclic amines) is 2. The van der Waals surface area contributed by atoms with Crippen molar-refractivity contribution in [1.29, 1.82) is 0 Å². The van der Waals surface area contributed by atoms with Gasteiger partial charge in [0.25, 0.3) is 11.5 Å². The van der Waals surface area contributed by atoms with E-state index in [0.717, 1.165) is 67.9 Å². The van der Waals surface area contributed by atoms with Crippen molar-refractivity contribution in [3.63, 3.8) is 0 Å². The van der Waals surface area contributed by atoms with E-state index in [9.17, 15) is 9.59 Å². The zero-order valence-corrected chi connectivity index (χ0v) is 18.6. The first kappa shape index (κ1) is 20.5. The first-order valence-electron chi connectivity index (χ1n) is 12.0. The van der Waals surface area contributed by atoms with Crippen molar-refractivity contribution in [1.82, 2.24) is 14.4 Å². The maximum atomic E-state index is 13.3. The number of aromatic nitrogens is 1. The van der Waals surface area contributed by atoms with Crippen molar-refractivity contribution in [2.45, 2.75) is 58.0 Å². The van der Waals surface area contributed by atoms with Crippen LogP contribution in [0.15, 0.2) is 41.2 Å². The van der Waals surface area contributed by atoms with Crippen LogP contribution in [-0.4, -0.2) is 46.5 Å². The van der Waals surface area contributed by atoms with E-state index in [2.05, 4.69) is 30.0 Å². The van der Waals surface area contributed by atoms with Gasteiger partial charge in [0.2, 0.25) is 0 Å². The Morgan fingerprint density at radius 1 is 0.968 bits per heavy atom. The number of nitrogens with zero attached hydrogens (tertiary/aromatic N) is 3. The van der Waals surface area contributed by atoms with Crippen molar-refractivity contribution in [3.8, 4) is 0 Å². The van der Waals surface area contributed by atoms with Crippen LogP contribution in [-0.2, 0) is 19.5 Å². The Morgan fingerprint density at radius 2 is 1.77 bits per heavy atom. The van der Waals surface area contributed by atoms with Gasteiger partial charge in [-0.3, -0.25) is 14.5 Å². The van der Waals surface area contributed by atoms with E-state index in [1.54, 1.807) is 0 Å². The van der Waals surface area contributed by atoms with Gasteiger partial charge in [0.05, 0.1) is 0 Å².